The summed E-state index contributed by atoms with van der Waals surface area (Å²) in [4.78, 5) is 5.60. The number of fused-ring (bicyclic) bond motifs is 1. The molecule has 10 heavy (non-hydrogen) atoms. The van der Waals surface area contributed by atoms with Crippen molar-refractivity contribution in [2.24, 2.45) is 10.1 Å². The van der Waals surface area contributed by atoms with Crippen molar-refractivity contribution in [3.05, 3.63) is 12.3 Å². The van der Waals surface area contributed by atoms with E-state index in [1.807, 2.05) is 12.3 Å². The van der Waals surface area contributed by atoms with E-state index in [2.05, 4.69) is 15.2 Å². The molecule has 1 aliphatic heterocycles. The zero-order chi connectivity index (χ0) is 6.81. The highest BCUT2D eigenvalue weighted by atomic mass is 15.5. The molecule has 2 rings (SSSR count). The van der Waals surface area contributed by atoms with Crippen molar-refractivity contribution < 1.29 is 0 Å². The van der Waals surface area contributed by atoms with E-state index in [1.165, 1.54) is 4.79 Å². The lowest BCUT2D eigenvalue weighted by Gasteiger charge is -1.89. The van der Waals surface area contributed by atoms with Crippen LogP contribution in [0.3, 0.4) is 0 Å². The lowest BCUT2D eigenvalue weighted by atomic mass is 10.5. The Kier molecular flexibility index (Phi) is 1.10. The fourth-order valence-corrected chi connectivity index (χ4v) is 0.790. The van der Waals surface area contributed by atoms with Crippen LogP contribution in [0.25, 0.3) is 0 Å². The predicted molar refractivity (Wildman–Crippen MR) is 38.9 cm³/mol. The summed E-state index contributed by atoms with van der Waals surface area (Å²) in [7, 11) is 0. The summed E-state index contributed by atoms with van der Waals surface area (Å²) in [5.41, 5.74) is 0. The molecule has 0 N–H and O–H groups in total. The summed E-state index contributed by atoms with van der Waals surface area (Å²) in [6.45, 7) is 0. The maximum Gasteiger partial charge on any atom is 0.175 e. The van der Waals surface area contributed by atoms with Gasteiger partial charge in [-0.2, -0.15) is 10.2 Å². The van der Waals surface area contributed by atoms with E-state index in [9.17, 15) is 0 Å². The van der Waals surface area contributed by atoms with Gasteiger partial charge in [0.25, 0.3) is 0 Å². The first-order valence-electron chi connectivity index (χ1n) is 3.06. The van der Waals surface area contributed by atoms with E-state index in [0.717, 1.165) is 12.2 Å². The van der Waals surface area contributed by atoms with E-state index in [1.54, 1.807) is 12.4 Å². The highest BCUT2D eigenvalue weighted by Crippen LogP contribution is 2.10. The third kappa shape index (κ3) is 0.737. The topological polar surface area (TPSA) is 42.5 Å². The second-order valence-electron chi connectivity index (χ2n) is 1.92. The zero-order valence-electron chi connectivity index (χ0n) is 5.31. The number of hydrogen-bond acceptors (Lipinski definition) is 3. The summed E-state index contributed by atoms with van der Waals surface area (Å²) >= 11 is 0. The van der Waals surface area contributed by atoms with E-state index in [0.29, 0.717) is 0 Å². The van der Waals surface area contributed by atoms with Crippen LogP contribution in [0, 0.1) is 0 Å². The van der Waals surface area contributed by atoms with Crippen LogP contribution in [0.2, 0.25) is 0 Å². The van der Waals surface area contributed by atoms with Gasteiger partial charge in [-0.1, -0.05) is 0 Å². The van der Waals surface area contributed by atoms with Gasteiger partial charge in [0.2, 0.25) is 0 Å². The molecule has 2 heterocycles. The Labute approximate surface area is 57.9 Å². The zero-order valence-corrected chi connectivity index (χ0v) is 5.31. The maximum atomic E-state index is 4.10. The molecule has 0 fully saturated rings. The third-order valence-electron chi connectivity index (χ3n) is 1.23. The van der Waals surface area contributed by atoms with Crippen molar-refractivity contribution in [3.63, 3.8) is 0 Å². The van der Waals surface area contributed by atoms with Crippen LogP contribution in [0.15, 0.2) is 22.4 Å². The fraction of sp³-hybridized carbons (Fsp3) is 0.167. The quantitative estimate of drug-likeness (QED) is 0.518. The van der Waals surface area contributed by atoms with Crippen molar-refractivity contribution >= 4 is 18.2 Å². The summed E-state index contributed by atoms with van der Waals surface area (Å²) < 4.78 is 0. The largest absolute Gasteiger partial charge is 0.240 e. The van der Waals surface area contributed by atoms with Gasteiger partial charge in [0.1, 0.15) is 0 Å². The minimum atomic E-state index is 0.781. The van der Waals surface area contributed by atoms with Gasteiger partial charge >= 0.3 is 0 Å². The van der Waals surface area contributed by atoms with Gasteiger partial charge in [0.15, 0.2) is 5.82 Å². The SMILES string of the molecule is C1=Nc2ccnn2N=CC1. The first kappa shape index (κ1) is 5.34. The van der Waals surface area contributed by atoms with Crippen molar-refractivity contribution in [1.29, 1.82) is 0 Å². The molecule has 4 nitrogen and oxygen atoms in total. The summed E-state index contributed by atoms with van der Waals surface area (Å²) in [6.07, 6.45) is 6.04. The lowest BCUT2D eigenvalue weighted by Crippen LogP contribution is -1.87. The smallest absolute Gasteiger partial charge is 0.175 e. The van der Waals surface area contributed by atoms with Crippen LogP contribution in [0.4, 0.5) is 5.82 Å². The van der Waals surface area contributed by atoms with Gasteiger partial charge in [0, 0.05) is 24.9 Å². The third-order valence-corrected chi connectivity index (χ3v) is 1.23. The normalized spacial score (nSPS) is 14.8. The first-order chi connectivity index (χ1) is 4.97. The number of hydrogen-bond donors (Lipinski definition) is 0. The lowest BCUT2D eigenvalue weighted by molar-refractivity contribution is 0.750. The van der Waals surface area contributed by atoms with Crippen LogP contribution < -0.4 is 0 Å². The number of rotatable bonds is 0. The van der Waals surface area contributed by atoms with E-state index >= 15 is 0 Å². The molecule has 1 aromatic rings. The minimum Gasteiger partial charge on any atom is -0.240 e. The molecule has 0 saturated heterocycles. The summed E-state index contributed by atoms with van der Waals surface area (Å²) in [5, 5.41) is 7.92. The average Bonchev–Trinajstić information content (AvgIpc) is 2.28. The summed E-state index contributed by atoms with van der Waals surface area (Å²) in [5.74, 6) is 0.786. The molecule has 0 radical (unpaired) electrons. The molecule has 0 spiro atoms. The van der Waals surface area contributed by atoms with E-state index in [4.69, 9.17) is 0 Å². The Morgan fingerprint density at radius 3 is 3.40 bits per heavy atom. The Bertz CT molecular complexity index is 257. The van der Waals surface area contributed by atoms with Gasteiger partial charge in [-0.15, -0.1) is 4.79 Å². The molecular formula is C6H6N4. The molecule has 50 valence electrons. The van der Waals surface area contributed by atoms with Crippen molar-refractivity contribution in [3.8, 4) is 0 Å². The number of nitrogens with zero attached hydrogens (tertiary/aromatic N) is 4. The minimum absolute atomic E-state index is 0.781. The van der Waals surface area contributed by atoms with Crippen LogP contribution in [-0.4, -0.2) is 22.3 Å². The van der Waals surface area contributed by atoms with E-state index in [-0.39, 0.29) is 0 Å². The molecular weight excluding hydrogens is 128 g/mol. The molecule has 1 aromatic heterocycles. The fourth-order valence-electron chi connectivity index (χ4n) is 0.790. The Balaban J connectivity index is 2.56. The van der Waals surface area contributed by atoms with Gasteiger partial charge in [-0.25, -0.2) is 4.99 Å². The molecule has 1 aliphatic rings. The van der Waals surface area contributed by atoms with Gasteiger partial charge in [0.05, 0.1) is 6.20 Å². The molecule has 0 aromatic carbocycles. The van der Waals surface area contributed by atoms with Crippen molar-refractivity contribution in [1.82, 2.24) is 9.89 Å². The summed E-state index contributed by atoms with van der Waals surface area (Å²) in [6, 6.07) is 1.82. The monoisotopic (exact) mass is 134 g/mol. The van der Waals surface area contributed by atoms with Gasteiger partial charge in [-0.05, 0) is 0 Å². The van der Waals surface area contributed by atoms with E-state index < -0.39 is 0 Å². The highest BCUT2D eigenvalue weighted by Gasteiger charge is 1.97. The van der Waals surface area contributed by atoms with Crippen molar-refractivity contribution in [2.75, 3.05) is 0 Å². The molecule has 0 bridgehead atoms. The Hall–Kier alpha value is -1.45. The highest BCUT2D eigenvalue weighted by molar-refractivity contribution is 5.81. The predicted octanol–water partition coefficient (Wildman–Crippen LogP) is 0.823. The maximum absolute atomic E-state index is 4.10. The van der Waals surface area contributed by atoms with Crippen LogP contribution in [-0.2, 0) is 0 Å². The van der Waals surface area contributed by atoms with Crippen LogP contribution >= 0.6 is 0 Å². The number of aromatic nitrogens is 2. The van der Waals surface area contributed by atoms with Gasteiger partial charge < -0.3 is 0 Å². The molecule has 0 saturated carbocycles. The Morgan fingerprint density at radius 1 is 1.40 bits per heavy atom. The standard InChI is InChI=1S/C6H6N4/c1-3-7-6-2-5-9-10(6)8-4-1/h2-5H,1H2. The number of aliphatic imine (C=N–C) groups is 1. The Morgan fingerprint density at radius 2 is 2.40 bits per heavy atom. The van der Waals surface area contributed by atoms with Gasteiger partial charge in [-0.3, -0.25) is 0 Å². The molecule has 4 heteroatoms. The molecule has 0 unspecified atom stereocenters. The molecule has 0 atom stereocenters. The molecule has 0 aliphatic carbocycles. The van der Waals surface area contributed by atoms with Crippen LogP contribution in [0.5, 0.6) is 0 Å². The second kappa shape index (κ2) is 2.06. The molecule has 0 amide bonds. The van der Waals surface area contributed by atoms with Crippen molar-refractivity contribution in [2.45, 2.75) is 6.42 Å². The van der Waals surface area contributed by atoms with Crippen LogP contribution in [0.1, 0.15) is 6.42 Å². The first-order valence-corrected chi connectivity index (χ1v) is 3.06. The average molecular weight is 134 g/mol. The second-order valence-corrected chi connectivity index (χ2v) is 1.92.